The van der Waals surface area contributed by atoms with Crippen LogP contribution in [0.25, 0.3) is 0 Å². The van der Waals surface area contributed by atoms with Gasteiger partial charge in [-0.3, -0.25) is 4.90 Å². The van der Waals surface area contributed by atoms with E-state index in [1.54, 1.807) is 4.57 Å². The van der Waals surface area contributed by atoms with Crippen LogP contribution < -0.4 is 0 Å². The van der Waals surface area contributed by atoms with E-state index in [2.05, 4.69) is 9.88 Å². The van der Waals surface area contributed by atoms with Gasteiger partial charge in [-0.15, -0.1) is 0 Å². The van der Waals surface area contributed by atoms with Gasteiger partial charge in [0.1, 0.15) is 6.54 Å². The van der Waals surface area contributed by atoms with Crippen LogP contribution in [0.4, 0.5) is 5.82 Å². The first-order valence-electron chi connectivity index (χ1n) is 5.33. The van der Waals surface area contributed by atoms with Crippen LogP contribution in [0.1, 0.15) is 0 Å². The normalized spacial score (nSPS) is 17.2. The molecule has 1 saturated heterocycles. The molecule has 0 amide bonds. The highest BCUT2D eigenvalue weighted by Crippen LogP contribution is 2.18. The molecule has 1 fully saturated rings. The molecule has 0 bridgehead atoms. The zero-order chi connectivity index (χ0) is 12.3. The molecule has 0 N–H and O–H groups in total. The van der Waals surface area contributed by atoms with Crippen LogP contribution >= 0.6 is 22.6 Å². The number of imidazole rings is 1. The molecule has 1 aliphatic heterocycles. The summed E-state index contributed by atoms with van der Waals surface area (Å²) in [6.07, 6.45) is 1.53. The first-order valence-corrected chi connectivity index (χ1v) is 6.41. The molecule has 94 valence electrons. The van der Waals surface area contributed by atoms with Crippen molar-refractivity contribution in [2.24, 2.45) is 0 Å². The minimum atomic E-state index is -0.381. The Morgan fingerprint density at radius 1 is 1.47 bits per heavy atom. The van der Waals surface area contributed by atoms with Gasteiger partial charge in [-0.1, -0.05) is 0 Å². The number of halogens is 1. The topological polar surface area (TPSA) is 73.4 Å². The van der Waals surface area contributed by atoms with E-state index in [4.69, 9.17) is 4.74 Å². The number of nitro groups is 1. The van der Waals surface area contributed by atoms with Gasteiger partial charge in [0.15, 0.2) is 10.0 Å². The summed E-state index contributed by atoms with van der Waals surface area (Å²) in [6.45, 7) is 4.63. The number of rotatable bonds is 4. The van der Waals surface area contributed by atoms with E-state index in [0.29, 0.717) is 10.2 Å². The molecule has 7 nitrogen and oxygen atoms in total. The fraction of sp³-hybridized carbons (Fsp3) is 0.667. The number of nitrogens with zero attached hydrogens (tertiary/aromatic N) is 4. The molecule has 2 heterocycles. The van der Waals surface area contributed by atoms with Crippen LogP contribution in [-0.4, -0.2) is 52.2 Å². The summed E-state index contributed by atoms with van der Waals surface area (Å²) in [7, 11) is 0. The van der Waals surface area contributed by atoms with Gasteiger partial charge < -0.3 is 14.9 Å². The molecule has 0 unspecified atom stereocenters. The summed E-state index contributed by atoms with van der Waals surface area (Å²) in [5.74, 6) is 0.0823. The summed E-state index contributed by atoms with van der Waals surface area (Å²) in [4.78, 5) is 16.7. The van der Waals surface area contributed by atoms with Crippen LogP contribution in [0.2, 0.25) is 0 Å². The second kappa shape index (κ2) is 5.74. The van der Waals surface area contributed by atoms with Crippen molar-refractivity contribution in [2.45, 2.75) is 6.54 Å². The highest BCUT2D eigenvalue weighted by molar-refractivity contribution is 14.1. The predicted molar refractivity (Wildman–Crippen MR) is 68.9 cm³/mol. The highest BCUT2D eigenvalue weighted by Gasteiger charge is 2.20. The average molecular weight is 352 g/mol. The predicted octanol–water partition coefficient (Wildman–Crippen LogP) is 0.728. The maximum Gasteiger partial charge on any atom is 0.356 e. The molecule has 0 spiro atoms. The second-order valence-electron chi connectivity index (χ2n) is 3.76. The van der Waals surface area contributed by atoms with Crippen molar-refractivity contribution >= 4 is 28.4 Å². The number of hydrogen-bond acceptors (Lipinski definition) is 5. The SMILES string of the molecule is O=[N+]([O-])c1c(I)ncn1CCN1CCOCC1. The lowest BCUT2D eigenvalue weighted by molar-refractivity contribution is -0.393. The quantitative estimate of drug-likeness (QED) is 0.454. The third-order valence-corrected chi connectivity index (χ3v) is 3.46. The van der Waals surface area contributed by atoms with Crippen molar-refractivity contribution < 1.29 is 9.66 Å². The Hall–Kier alpha value is -0.740. The maximum atomic E-state index is 10.9. The van der Waals surface area contributed by atoms with E-state index in [9.17, 15) is 10.1 Å². The van der Waals surface area contributed by atoms with Crippen molar-refractivity contribution in [1.82, 2.24) is 14.5 Å². The summed E-state index contributed by atoms with van der Waals surface area (Å²) < 4.78 is 7.28. The van der Waals surface area contributed by atoms with Gasteiger partial charge in [0.2, 0.25) is 0 Å². The monoisotopic (exact) mass is 352 g/mol. The molecule has 2 rings (SSSR count). The first-order chi connectivity index (χ1) is 8.18. The van der Waals surface area contributed by atoms with E-state index in [1.807, 2.05) is 22.6 Å². The van der Waals surface area contributed by atoms with Crippen LogP contribution in [-0.2, 0) is 11.3 Å². The molecular formula is C9H13IN4O3. The van der Waals surface area contributed by atoms with Crippen molar-refractivity contribution in [1.29, 1.82) is 0 Å². The fourth-order valence-corrected chi connectivity index (χ4v) is 2.40. The number of hydrogen-bond donors (Lipinski definition) is 0. The third kappa shape index (κ3) is 3.13. The van der Waals surface area contributed by atoms with Crippen LogP contribution in [0.15, 0.2) is 6.33 Å². The lowest BCUT2D eigenvalue weighted by Gasteiger charge is -2.25. The summed E-state index contributed by atoms with van der Waals surface area (Å²) in [6, 6.07) is 0. The van der Waals surface area contributed by atoms with Crippen LogP contribution in [0.3, 0.4) is 0 Å². The molecular weight excluding hydrogens is 339 g/mol. The van der Waals surface area contributed by atoms with Crippen molar-refractivity contribution in [3.63, 3.8) is 0 Å². The largest absolute Gasteiger partial charge is 0.379 e. The zero-order valence-electron chi connectivity index (χ0n) is 9.21. The van der Waals surface area contributed by atoms with E-state index in [1.165, 1.54) is 6.33 Å². The molecule has 1 aromatic rings. The van der Waals surface area contributed by atoms with Gasteiger partial charge in [0.25, 0.3) is 0 Å². The van der Waals surface area contributed by atoms with Gasteiger partial charge in [0, 0.05) is 19.6 Å². The summed E-state index contributed by atoms with van der Waals surface area (Å²) in [5, 5.41) is 10.9. The minimum absolute atomic E-state index is 0.0823. The van der Waals surface area contributed by atoms with Crippen molar-refractivity contribution in [3.8, 4) is 0 Å². The zero-order valence-corrected chi connectivity index (χ0v) is 11.4. The Labute approximate surface area is 112 Å². The summed E-state index contributed by atoms with van der Waals surface area (Å²) in [5.41, 5.74) is 0. The number of aromatic nitrogens is 2. The lowest BCUT2D eigenvalue weighted by atomic mass is 10.4. The molecule has 1 aliphatic rings. The highest BCUT2D eigenvalue weighted by atomic mass is 127. The van der Waals surface area contributed by atoms with Crippen LogP contribution in [0, 0.1) is 13.8 Å². The second-order valence-corrected chi connectivity index (χ2v) is 4.79. The molecule has 1 aromatic heterocycles. The fourth-order valence-electron chi connectivity index (χ4n) is 1.77. The van der Waals surface area contributed by atoms with Crippen molar-refractivity contribution in [3.05, 3.63) is 20.1 Å². The van der Waals surface area contributed by atoms with E-state index < -0.39 is 0 Å². The van der Waals surface area contributed by atoms with Gasteiger partial charge >= 0.3 is 5.82 Å². The van der Waals surface area contributed by atoms with Gasteiger partial charge in [-0.05, 0) is 27.5 Å². The standard InChI is InChI=1S/C9H13IN4O3/c10-8-9(14(15)16)13(7-11-8)2-1-12-3-5-17-6-4-12/h7H,1-6H2. The smallest absolute Gasteiger partial charge is 0.356 e. The maximum absolute atomic E-state index is 10.9. The van der Waals surface area contributed by atoms with Crippen molar-refractivity contribution in [2.75, 3.05) is 32.8 Å². The van der Waals surface area contributed by atoms with E-state index in [0.717, 1.165) is 32.8 Å². The average Bonchev–Trinajstić information content (AvgIpc) is 2.69. The Balaban J connectivity index is 1.96. The third-order valence-electron chi connectivity index (χ3n) is 2.70. The molecule has 8 heteroatoms. The Bertz CT molecular complexity index is 403. The number of ether oxygens (including phenoxy) is 1. The van der Waals surface area contributed by atoms with Gasteiger partial charge in [-0.2, -0.15) is 0 Å². The Morgan fingerprint density at radius 3 is 2.82 bits per heavy atom. The molecule has 0 radical (unpaired) electrons. The molecule has 0 atom stereocenters. The molecule has 17 heavy (non-hydrogen) atoms. The van der Waals surface area contributed by atoms with E-state index >= 15 is 0 Å². The molecule has 0 saturated carbocycles. The van der Waals surface area contributed by atoms with Crippen LogP contribution in [0.5, 0.6) is 0 Å². The Kier molecular flexibility index (Phi) is 4.29. The lowest BCUT2D eigenvalue weighted by Crippen LogP contribution is -2.38. The Morgan fingerprint density at radius 2 is 2.18 bits per heavy atom. The number of morpholine rings is 1. The van der Waals surface area contributed by atoms with Gasteiger partial charge in [0.05, 0.1) is 13.2 Å². The molecule has 0 aromatic carbocycles. The van der Waals surface area contributed by atoms with Gasteiger partial charge in [-0.25, -0.2) is 9.55 Å². The summed E-state index contributed by atoms with van der Waals surface area (Å²) >= 11 is 1.88. The minimum Gasteiger partial charge on any atom is -0.379 e. The molecule has 0 aliphatic carbocycles. The first kappa shape index (κ1) is 12.7. The van der Waals surface area contributed by atoms with E-state index in [-0.39, 0.29) is 10.7 Å².